The van der Waals surface area contributed by atoms with E-state index in [2.05, 4.69) is 26.9 Å². The molecule has 1 fully saturated rings. The van der Waals surface area contributed by atoms with Gasteiger partial charge in [0.05, 0.1) is 5.70 Å². The van der Waals surface area contributed by atoms with Crippen LogP contribution in [0.15, 0.2) is 60.7 Å². The van der Waals surface area contributed by atoms with E-state index in [0.29, 0.717) is 17.0 Å². The van der Waals surface area contributed by atoms with Gasteiger partial charge in [0.2, 0.25) is 5.91 Å². The molecule has 3 aromatic rings. The van der Waals surface area contributed by atoms with E-state index in [-0.39, 0.29) is 18.5 Å². The van der Waals surface area contributed by atoms with Crippen LogP contribution >= 0.6 is 11.6 Å². The van der Waals surface area contributed by atoms with Crippen LogP contribution in [0.25, 0.3) is 5.70 Å². The van der Waals surface area contributed by atoms with Crippen LogP contribution in [-0.2, 0) is 4.79 Å². The third-order valence-corrected chi connectivity index (χ3v) is 5.36. The monoisotopic (exact) mass is 406 g/mol. The molecule has 1 amide bonds. The van der Waals surface area contributed by atoms with Gasteiger partial charge in [0.25, 0.3) is 5.95 Å². The number of halogens is 1. The first kappa shape index (κ1) is 17.9. The highest BCUT2D eigenvalue weighted by Gasteiger charge is 2.33. The summed E-state index contributed by atoms with van der Waals surface area (Å²) < 4.78 is 1.75. The predicted molar refractivity (Wildman–Crippen MR) is 110 cm³/mol. The summed E-state index contributed by atoms with van der Waals surface area (Å²) in [4.78, 5) is 14.5. The Morgan fingerprint density at radius 2 is 1.86 bits per heavy atom. The number of rotatable bonds is 5. The van der Waals surface area contributed by atoms with Gasteiger partial charge in [0.15, 0.2) is 0 Å². The molecule has 1 atom stereocenters. The van der Waals surface area contributed by atoms with Crippen LogP contribution in [0.3, 0.4) is 0 Å². The molecule has 146 valence electrons. The summed E-state index contributed by atoms with van der Waals surface area (Å²) in [6.45, 7) is 0.146. The van der Waals surface area contributed by atoms with Crippen molar-refractivity contribution in [2.75, 3.05) is 11.4 Å². The summed E-state index contributed by atoms with van der Waals surface area (Å²) in [5.41, 5.74) is 2.89. The first-order chi connectivity index (χ1) is 14.2. The van der Waals surface area contributed by atoms with E-state index in [4.69, 9.17) is 11.6 Å². The third-order valence-electron chi connectivity index (χ3n) is 5.11. The van der Waals surface area contributed by atoms with Crippen molar-refractivity contribution in [2.24, 2.45) is 0 Å². The zero-order valence-corrected chi connectivity index (χ0v) is 16.3. The number of aromatic nitrogens is 4. The summed E-state index contributed by atoms with van der Waals surface area (Å²) in [7, 11) is 0. The normalized spacial score (nSPS) is 18.2. The number of carbonyl (C=O) groups is 1. The Morgan fingerprint density at radius 1 is 1.10 bits per heavy atom. The van der Waals surface area contributed by atoms with Crippen LogP contribution in [-0.4, -0.2) is 38.7 Å². The first-order valence-electron chi connectivity index (χ1n) is 9.56. The zero-order chi connectivity index (χ0) is 19.8. The highest BCUT2D eigenvalue weighted by atomic mass is 35.5. The van der Waals surface area contributed by atoms with Crippen LogP contribution in [0.5, 0.6) is 0 Å². The highest BCUT2D eigenvalue weighted by Crippen LogP contribution is 2.36. The van der Waals surface area contributed by atoms with Gasteiger partial charge in [-0.3, -0.25) is 9.69 Å². The van der Waals surface area contributed by atoms with Crippen molar-refractivity contribution in [2.45, 2.75) is 24.9 Å². The molecule has 2 heterocycles. The van der Waals surface area contributed by atoms with Gasteiger partial charge in [0.1, 0.15) is 12.6 Å². The quantitative estimate of drug-likeness (QED) is 0.704. The lowest BCUT2D eigenvalue weighted by molar-refractivity contribution is -0.119. The maximum absolute atomic E-state index is 12.6. The molecule has 0 spiro atoms. The van der Waals surface area contributed by atoms with Gasteiger partial charge in [-0.1, -0.05) is 59.2 Å². The number of tetrazole rings is 1. The molecule has 29 heavy (non-hydrogen) atoms. The van der Waals surface area contributed by atoms with E-state index in [1.807, 2.05) is 59.5 Å². The number of allylic oxidation sites excluding steroid dienone is 1. The van der Waals surface area contributed by atoms with Gasteiger partial charge in [-0.2, -0.15) is 4.68 Å². The van der Waals surface area contributed by atoms with Crippen molar-refractivity contribution in [3.8, 4) is 0 Å². The summed E-state index contributed by atoms with van der Waals surface area (Å²) in [5, 5.41) is 16.0. The molecule has 7 nitrogen and oxygen atoms in total. The molecule has 0 radical (unpaired) electrons. The lowest BCUT2D eigenvalue weighted by Gasteiger charge is -2.32. The van der Waals surface area contributed by atoms with E-state index >= 15 is 0 Å². The Hall–Kier alpha value is -3.19. The fraction of sp³-hybridized carbons (Fsp3) is 0.238. The Balaban J connectivity index is 1.58. The lowest BCUT2D eigenvalue weighted by Crippen LogP contribution is -2.40. The molecule has 5 rings (SSSR count). The van der Waals surface area contributed by atoms with Gasteiger partial charge >= 0.3 is 0 Å². The number of hydrogen-bond donors (Lipinski definition) is 1. The SMILES string of the molecule is O=C(CN1C(c2ccc(Cl)cc2)=CC(c2ccccc2)n2nnnc21)NC1CC1. The molecule has 1 aliphatic heterocycles. The number of carbonyl (C=O) groups excluding carboxylic acids is 1. The van der Waals surface area contributed by atoms with E-state index < -0.39 is 0 Å². The molecule has 0 bridgehead atoms. The number of hydrogen-bond acceptors (Lipinski definition) is 5. The molecule has 2 aliphatic rings. The Bertz CT molecular complexity index is 1060. The van der Waals surface area contributed by atoms with Crippen molar-refractivity contribution in [1.29, 1.82) is 0 Å². The van der Waals surface area contributed by atoms with Crippen molar-refractivity contribution in [1.82, 2.24) is 25.5 Å². The molecule has 1 aliphatic carbocycles. The molecule has 1 saturated carbocycles. The van der Waals surface area contributed by atoms with Crippen LogP contribution in [0, 0.1) is 0 Å². The smallest absolute Gasteiger partial charge is 0.251 e. The number of fused-ring (bicyclic) bond motifs is 1. The van der Waals surface area contributed by atoms with Crippen LogP contribution < -0.4 is 10.2 Å². The second kappa shape index (κ2) is 7.33. The number of amides is 1. The van der Waals surface area contributed by atoms with Gasteiger partial charge in [-0.25, -0.2) is 0 Å². The Kier molecular flexibility index (Phi) is 4.52. The first-order valence-corrected chi connectivity index (χ1v) is 9.94. The Morgan fingerprint density at radius 3 is 2.59 bits per heavy atom. The Labute approximate surface area is 173 Å². The lowest BCUT2D eigenvalue weighted by atomic mass is 10.0. The minimum atomic E-state index is -0.172. The molecule has 8 heteroatoms. The topological polar surface area (TPSA) is 75.9 Å². The van der Waals surface area contributed by atoms with E-state index in [0.717, 1.165) is 29.7 Å². The van der Waals surface area contributed by atoms with Gasteiger partial charge in [0, 0.05) is 11.1 Å². The van der Waals surface area contributed by atoms with Crippen LogP contribution in [0.2, 0.25) is 5.02 Å². The summed E-state index contributed by atoms with van der Waals surface area (Å²) in [5.74, 6) is 0.498. The molecule has 2 aromatic carbocycles. The van der Waals surface area contributed by atoms with Crippen molar-refractivity contribution in [3.05, 3.63) is 76.8 Å². The molecule has 1 N–H and O–H groups in total. The number of nitrogens with one attached hydrogen (secondary N) is 1. The minimum Gasteiger partial charge on any atom is -0.352 e. The van der Waals surface area contributed by atoms with E-state index in [1.165, 1.54) is 0 Å². The maximum Gasteiger partial charge on any atom is 0.251 e. The van der Waals surface area contributed by atoms with Crippen molar-refractivity contribution >= 4 is 29.2 Å². The van der Waals surface area contributed by atoms with Crippen LogP contribution in [0.1, 0.15) is 30.0 Å². The van der Waals surface area contributed by atoms with Gasteiger partial charge in [-0.15, -0.1) is 0 Å². The number of nitrogens with zero attached hydrogens (tertiary/aromatic N) is 5. The van der Waals surface area contributed by atoms with Gasteiger partial charge in [-0.05, 0) is 52.6 Å². The summed E-state index contributed by atoms with van der Waals surface area (Å²) in [6.07, 6.45) is 4.17. The minimum absolute atomic E-state index is 0.0416. The molecule has 1 unspecified atom stereocenters. The number of benzene rings is 2. The average Bonchev–Trinajstić information content (AvgIpc) is 3.41. The predicted octanol–water partition coefficient (Wildman–Crippen LogP) is 3.06. The zero-order valence-electron chi connectivity index (χ0n) is 15.6. The third kappa shape index (κ3) is 3.61. The molecular weight excluding hydrogens is 388 g/mol. The average molecular weight is 407 g/mol. The number of anilines is 1. The van der Waals surface area contributed by atoms with Crippen molar-refractivity contribution < 1.29 is 4.79 Å². The summed E-state index contributed by atoms with van der Waals surface area (Å²) >= 11 is 6.09. The molecule has 1 aromatic heterocycles. The fourth-order valence-electron chi connectivity index (χ4n) is 3.53. The summed E-state index contributed by atoms with van der Waals surface area (Å²) in [6, 6.07) is 17.7. The van der Waals surface area contributed by atoms with E-state index in [1.54, 1.807) is 4.68 Å². The molecular formula is C21H19ClN6O. The highest BCUT2D eigenvalue weighted by molar-refractivity contribution is 6.30. The van der Waals surface area contributed by atoms with Crippen LogP contribution in [0.4, 0.5) is 5.95 Å². The maximum atomic E-state index is 12.6. The van der Waals surface area contributed by atoms with Gasteiger partial charge < -0.3 is 5.32 Å². The second-order valence-electron chi connectivity index (χ2n) is 7.27. The van der Waals surface area contributed by atoms with Crippen molar-refractivity contribution in [3.63, 3.8) is 0 Å². The second-order valence-corrected chi connectivity index (χ2v) is 7.70. The van der Waals surface area contributed by atoms with E-state index in [9.17, 15) is 4.79 Å². The fourth-order valence-corrected chi connectivity index (χ4v) is 3.65. The largest absolute Gasteiger partial charge is 0.352 e. The standard InChI is InChI=1S/C21H19ClN6O/c22-16-8-6-15(7-9-16)18-12-19(14-4-2-1-3-5-14)28-21(24-25-26-28)27(18)13-20(29)23-17-10-11-17/h1-9,12,17,19H,10-11,13H2,(H,23,29). The molecule has 0 saturated heterocycles.